The first kappa shape index (κ1) is 13.8. The molecular weight excluding hydrogens is 314 g/mol. The van der Waals surface area contributed by atoms with Gasteiger partial charge in [-0.1, -0.05) is 11.8 Å². The van der Waals surface area contributed by atoms with E-state index in [0.29, 0.717) is 18.4 Å². The summed E-state index contributed by atoms with van der Waals surface area (Å²) in [7, 11) is 0. The quantitative estimate of drug-likeness (QED) is 0.619. The molecule has 8 nitrogen and oxygen atoms in total. The van der Waals surface area contributed by atoms with Crippen molar-refractivity contribution in [3.63, 3.8) is 0 Å². The lowest BCUT2D eigenvalue weighted by Crippen LogP contribution is -2.62. The summed E-state index contributed by atoms with van der Waals surface area (Å²) in [6.45, 7) is 3.98. The summed E-state index contributed by atoms with van der Waals surface area (Å²) in [6.07, 6.45) is 4.02. The van der Waals surface area contributed by atoms with Crippen LogP contribution in [0.1, 0.15) is 12.8 Å². The van der Waals surface area contributed by atoms with Gasteiger partial charge in [0.05, 0.1) is 18.4 Å². The number of nitrogens with two attached hydrogens (primary N) is 2. The monoisotopic (exact) mass is 333 g/mol. The maximum atomic E-state index is 6.53. The van der Waals surface area contributed by atoms with Crippen molar-refractivity contribution in [3.05, 3.63) is 6.20 Å². The van der Waals surface area contributed by atoms with Gasteiger partial charge >= 0.3 is 0 Å². The van der Waals surface area contributed by atoms with E-state index in [4.69, 9.17) is 16.2 Å². The minimum atomic E-state index is -0.930. The van der Waals surface area contributed by atoms with Crippen LogP contribution >= 0.6 is 11.8 Å². The molecule has 5 aliphatic heterocycles. The molecule has 5 aliphatic rings. The van der Waals surface area contributed by atoms with Crippen molar-refractivity contribution >= 4 is 29.3 Å². The Bertz CT molecular complexity index is 704. The standard InChI is InChI=1S/C14H19N7OS/c15-12-17-5-9-10(19-12)23-14(16,20-9)11-18-6-13(22-11)7-21-3-1-8(13)2-4-21/h5,8,20H,1-4,6-7,16H2,(H2,15,17,19). The number of rotatable bonds is 1. The molecule has 1 aromatic rings. The van der Waals surface area contributed by atoms with Crippen LogP contribution in [0, 0.1) is 5.92 Å². The highest BCUT2D eigenvalue weighted by atomic mass is 32.2. The van der Waals surface area contributed by atoms with E-state index >= 15 is 0 Å². The Morgan fingerprint density at radius 2 is 2.22 bits per heavy atom. The number of hydrogen-bond donors (Lipinski definition) is 3. The van der Waals surface area contributed by atoms with Crippen molar-refractivity contribution in [3.8, 4) is 0 Å². The van der Waals surface area contributed by atoms with E-state index in [0.717, 1.165) is 17.3 Å². The fourth-order valence-corrected chi connectivity index (χ4v) is 5.11. The van der Waals surface area contributed by atoms with Crippen molar-refractivity contribution in [1.29, 1.82) is 0 Å². The highest BCUT2D eigenvalue weighted by Gasteiger charge is 2.55. The Balaban J connectivity index is 1.40. The molecule has 0 radical (unpaired) electrons. The molecule has 23 heavy (non-hydrogen) atoms. The van der Waals surface area contributed by atoms with Crippen molar-refractivity contribution < 1.29 is 4.74 Å². The lowest BCUT2D eigenvalue weighted by Gasteiger charge is -2.50. The second-order valence-corrected chi connectivity index (χ2v) is 7.98. The SMILES string of the molecule is Nc1ncc2c(n1)SC(N)(C1=NCC3(CN4CCC3CC4)O1)N2. The summed E-state index contributed by atoms with van der Waals surface area (Å²) in [5.41, 5.74) is 12.8. The number of hydrogen-bond acceptors (Lipinski definition) is 9. The van der Waals surface area contributed by atoms with Crippen LogP contribution in [0.15, 0.2) is 16.2 Å². The first-order valence-electron chi connectivity index (χ1n) is 7.91. The van der Waals surface area contributed by atoms with Crippen LogP contribution in [0.25, 0.3) is 0 Å². The molecule has 1 spiro atoms. The number of aliphatic imine (C=N–C) groups is 1. The number of piperidine rings is 3. The second-order valence-electron chi connectivity index (χ2n) is 6.75. The lowest BCUT2D eigenvalue weighted by molar-refractivity contribution is -0.0844. The Labute approximate surface area is 138 Å². The van der Waals surface area contributed by atoms with Crippen LogP contribution in [0.3, 0.4) is 0 Å². The lowest BCUT2D eigenvalue weighted by atomic mass is 9.75. The smallest absolute Gasteiger partial charge is 0.237 e. The van der Waals surface area contributed by atoms with Gasteiger partial charge in [-0.2, -0.15) is 0 Å². The summed E-state index contributed by atoms with van der Waals surface area (Å²) >= 11 is 1.38. The first-order chi connectivity index (χ1) is 11.1. The maximum absolute atomic E-state index is 6.53. The van der Waals surface area contributed by atoms with E-state index in [2.05, 4.69) is 25.2 Å². The molecule has 0 amide bonds. The summed E-state index contributed by atoms with van der Waals surface area (Å²) in [5, 5.41) is 3.97. The van der Waals surface area contributed by atoms with Gasteiger partial charge in [-0.15, -0.1) is 0 Å². The molecule has 2 bridgehead atoms. The summed E-state index contributed by atoms with van der Waals surface area (Å²) in [4.78, 5) is 14.4. The van der Waals surface area contributed by atoms with Gasteiger partial charge in [0.15, 0.2) is 0 Å². The number of aromatic nitrogens is 2. The van der Waals surface area contributed by atoms with Gasteiger partial charge in [-0.05, 0) is 25.9 Å². The first-order valence-corrected chi connectivity index (χ1v) is 8.73. The molecule has 9 heteroatoms. The average molecular weight is 333 g/mol. The highest BCUT2D eigenvalue weighted by molar-refractivity contribution is 8.01. The minimum Gasteiger partial charge on any atom is -0.467 e. The number of nitrogen functional groups attached to an aromatic ring is 1. The number of nitrogens with one attached hydrogen (secondary N) is 1. The maximum Gasteiger partial charge on any atom is 0.237 e. The van der Waals surface area contributed by atoms with Gasteiger partial charge in [-0.3, -0.25) is 10.6 Å². The van der Waals surface area contributed by atoms with Crippen molar-refractivity contribution in [1.82, 2.24) is 14.9 Å². The van der Waals surface area contributed by atoms with E-state index in [9.17, 15) is 0 Å². The van der Waals surface area contributed by atoms with Crippen LogP contribution in [-0.2, 0) is 4.74 Å². The highest BCUT2D eigenvalue weighted by Crippen LogP contribution is 2.47. The predicted octanol–water partition coefficient (Wildman–Crippen LogP) is 0.0820. The van der Waals surface area contributed by atoms with Crippen molar-refractivity contribution in [2.45, 2.75) is 28.5 Å². The van der Waals surface area contributed by atoms with Gasteiger partial charge in [0, 0.05) is 12.5 Å². The Kier molecular flexibility index (Phi) is 2.70. The third-order valence-corrected chi connectivity index (χ3v) is 6.38. The zero-order chi connectivity index (χ0) is 15.7. The van der Waals surface area contributed by atoms with E-state index in [1.807, 2.05) is 0 Å². The molecule has 0 aliphatic carbocycles. The van der Waals surface area contributed by atoms with E-state index < -0.39 is 4.99 Å². The topological polar surface area (TPSA) is 115 Å². The molecule has 2 unspecified atom stereocenters. The second kappa shape index (κ2) is 4.49. The molecule has 2 atom stereocenters. The minimum absolute atomic E-state index is 0.195. The molecule has 0 saturated carbocycles. The predicted molar refractivity (Wildman–Crippen MR) is 88.1 cm³/mol. The van der Waals surface area contributed by atoms with Gasteiger partial charge in [0.1, 0.15) is 10.6 Å². The number of thioether (sulfide) groups is 1. The summed E-state index contributed by atoms with van der Waals surface area (Å²) in [5.74, 6) is 1.37. The Morgan fingerprint density at radius 3 is 2.96 bits per heavy atom. The number of anilines is 2. The molecule has 3 fully saturated rings. The molecule has 5 N–H and O–H groups in total. The van der Waals surface area contributed by atoms with E-state index in [1.54, 1.807) is 6.20 Å². The van der Waals surface area contributed by atoms with Crippen LogP contribution in [0.5, 0.6) is 0 Å². The zero-order valence-corrected chi connectivity index (χ0v) is 13.5. The summed E-state index contributed by atoms with van der Waals surface area (Å²) in [6, 6.07) is 0. The molecule has 6 heterocycles. The van der Waals surface area contributed by atoms with Gasteiger partial charge in [0.2, 0.25) is 16.8 Å². The fourth-order valence-electron chi connectivity index (χ4n) is 4.09. The normalized spacial score (nSPS) is 40.7. The molecule has 3 saturated heterocycles. The van der Waals surface area contributed by atoms with Crippen LogP contribution in [0.4, 0.5) is 11.6 Å². The van der Waals surface area contributed by atoms with Crippen LogP contribution in [0.2, 0.25) is 0 Å². The van der Waals surface area contributed by atoms with Crippen molar-refractivity contribution in [2.75, 3.05) is 37.2 Å². The molecule has 0 aromatic carbocycles. The van der Waals surface area contributed by atoms with E-state index in [1.165, 1.54) is 37.7 Å². The third-order valence-electron chi connectivity index (χ3n) is 5.28. The fraction of sp³-hybridized carbons (Fsp3) is 0.643. The van der Waals surface area contributed by atoms with Gasteiger partial charge in [-0.25, -0.2) is 15.0 Å². The van der Waals surface area contributed by atoms with Gasteiger partial charge in [0.25, 0.3) is 0 Å². The largest absolute Gasteiger partial charge is 0.467 e. The molecule has 6 rings (SSSR count). The molecular formula is C14H19N7OS. The number of fused-ring (bicyclic) bond motifs is 3. The average Bonchev–Trinajstić information content (AvgIpc) is 3.10. The van der Waals surface area contributed by atoms with Gasteiger partial charge < -0.3 is 15.8 Å². The van der Waals surface area contributed by atoms with Crippen LogP contribution in [-0.4, -0.2) is 57.5 Å². The number of ether oxygens (including phenoxy) is 1. The van der Waals surface area contributed by atoms with Crippen molar-refractivity contribution in [2.24, 2.45) is 16.6 Å². The Hall–Kier alpha value is -1.58. The number of nitrogens with zero attached hydrogens (tertiary/aromatic N) is 4. The summed E-state index contributed by atoms with van der Waals surface area (Å²) < 4.78 is 6.39. The molecule has 122 valence electrons. The third kappa shape index (κ3) is 1.96. The Morgan fingerprint density at radius 1 is 1.39 bits per heavy atom. The van der Waals surface area contributed by atoms with Crippen LogP contribution < -0.4 is 16.8 Å². The zero-order valence-electron chi connectivity index (χ0n) is 12.7. The molecule has 1 aromatic heterocycles. The van der Waals surface area contributed by atoms with E-state index in [-0.39, 0.29) is 11.5 Å².